The number of aromatic nitrogens is 5. The number of hydrogen-bond acceptors (Lipinski definition) is 15. The van der Waals surface area contributed by atoms with Gasteiger partial charge in [0, 0.05) is 23.9 Å². The van der Waals surface area contributed by atoms with Gasteiger partial charge in [-0.2, -0.15) is 0 Å². The number of β-lactam (4-membered cyclic amide) rings is 1. The number of ether oxygens (including phenoxy) is 1. The predicted molar refractivity (Wildman–Crippen MR) is 137 cm³/mol. The first-order valence-electron chi connectivity index (χ1n) is 11.3. The molecule has 2 aliphatic heterocycles. The standard InChI is InChI=1S/C21H24N8O7S3.Na/c1-21(2,3)36-12(30)5-35-25-13(11-8-37-9-22-11)16(31)23-14-17(32)29-15(19(33)34)10(6-38-18(14)29)7-39-20-24-26-27-28(20)4;/h8-9,14,18H,5-7H2,1-4H3,(H,23,31)(H,33,34);/q;+1/p-1/b25-13-;/t14?,18-;/m1./s1. The van der Waals surface area contributed by atoms with Gasteiger partial charge in [0.2, 0.25) is 11.8 Å². The first kappa shape index (κ1) is 32.0. The number of fused-ring (bicyclic) bond motifs is 1. The molecule has 0 bridgehead atoms. The van der Waals surface area contributed by atoms with Crippen molar-refractivity contribution < 1.29 is 63.4 Å². The maximum absolute atomic E-state index is 13.1. The molecule has 4 rings (SSSR count). The van der Waals surface area contributed by atoms with E-state index in [2.05, 4.69) is 31.0 Å². The van der Waals surface area contributed by atoms with E-state index in [4.69, 9.17) is 9.57 Å². The minimum Gasteiger partial charge on any atom is -0.543 e. The Bertz CT molecular complexity index is 1340. The van der Waals surface area contributed by atoms with Crippen LogP contribution >= 0.6 is 34.9 Å². The number of rotatable bonds is 10. The Morgan fingerprint density at radius 2 is 2.08 bits per heavy atom. The van der Waals surface area contributed by atoms with Crippen LogP contribution in [-0.4, -0.2) is 94.7 Å². The molecule has 1 unspecified atom stereocenters. The number of hydrogen-bond donors (Lipinski definition) is 1. The van der Waals surface area contributed by atoms with Crippen molar-refractivity contribution >= 4 is 64.3 Å². The average Bonchev–Trinajstić information content (AvgIpc) is 3.53. The molecular weight excluding hydrogens is 595 g/mol. The zero-order valence-corrected chi connectivity index (χ0v) is 26.6. The molecule has 1 saturated heterocycles. The summed E-state index contributed by atoms with van der Waals surface area (Å²) in [5.74, 6) is -3.06. The van der Waals surface area contributed by atoms with Crippen molar-refractivity contribution in [2.45, 2.75) is 42.9 Å². The Balaban J connectivity index is 0.00000441. The normalized spacial score (nSPS) is 18.9. The number of aryl methyl sites for hydroxylation is 1. The maximum atomic E-state index is 13.1. The van der Waals surface area contributed by atoms with Crippen LogP contribution in [0.15, 0.2) is 32.5 Å². The van der Waals surface area contributed by atoms with E-state index in [1.807, 2.05) is 0 Å². The minimum absolute atomic E-state index is 0. The summed E-state index contributed by atoms with van der Waals surface area (Å²) in [5, 5.41) is 30.8. The molecule has 19 heteroatoms. The number of oxime groups is 1. The average molecular weight is 619 g/mol. The molecule has 2 aromatic rings. The van der Waals surface area contributed by atoms with Gasteiger partial charge in [0.05, 0.1) is 17.2 Å². The first-order valence-corrected chi connectivity index (χ1v) is 14.3. The quantitative estimate of drug-likeness (QED) is 0.0675. The number of nitrogens with one attached hydrogen (secondary N) is 1. The van der Waals surface area contributed by atoms with Gasteiger partial charge in [0.15, 0.2) is 5.71 Å². The fourth-order valence-electron chi connectivity index (χ4n) is 3.54. The van der Waals surface area contributed by atoms with Gasteiger partial charge in [-0.15, -0.1) is 28.2 Å². The smallest absolute Gasteiger partial charge is 0.543 e. The second-order valence-corrected chi connectivity index (χ2v) is 11.9. The zero-order chi connectivity index (χ0) is 28.3. The summed E-state index contributed by atoms with van der Waals surface area (Å²) in [7, 11) is 1.65. The number of carboxylic acids is 1. The van der Waals surface area contributed by atoms with E-state index in [1.165, 1.54) is 45.1 Å². The molecule has 2 aromatic heterocycles. The number of tetrazole rings is 1. The Kier molecular flexibility index (Phi) is 10.8. The van der Waals surface area contributed by atoms with E-state index in [1.54, 1.807) is 33.2 Å². The summed E-state index contributed by atoms with van der Waals surface area (Å²) in [4.78, 5) is 60.2. The van der Waals surface area contributed by atoms with Crippen molar-refractivity contribution in [1.82, 2.24) is 35.4 Å². The summed E-state index contributed by atoms with van der Waals surface area (Å²) >= 11 is 3.73. The van der Waals surface area contributed by atoms with Crippen LogP contribution in [0.4, 0.5) is 0 Å². The number of thiazole rings is 1. The van der Waals surface area contributed by atoms with Crippen LogP contribution in [0, 0.1) is 0 Å². The molecule has 0 saturated carbocycles. The number of esters is 1. The van der Waals surface area contributed by atoms with Crippen molar-refractivity contribution in [1.29, 1.82) is 0 Å². The SMILES string of the molecule is Cn1nnnc1SCC1=C(C(=O)[O-])N2C(=O)C(NC(=O)/C(=N\OCC(=O)OC(C)(C)C)c3cscn3)[C@H]2SC1.[Na+]. The van der Waals surface area contributed by atoms with Gasteiger partial charge < -0.3 is 24.8 Å². The van der Waals surface area contributed by atoms with Gasteiger partial charge in [-0.25, -0.2) is 14.5 Å². The fraction of sp³-hybridized carbons (Fsp3) is 0.476. The van der Waals surface area contributed by atoms with E-state index >= 15 is 0 Å². The zero-order valence-electron chi connectivity index (χ0n) is 22.1. The van der Waals surface area contributed by atoms with Gasteiger partial charge in [-0.05, 0) is 36.8 Å². The summed E-state index contributed by atoms with van der Waals surface area (Å²) < 4.78 is 6.59. The Labute approximate surface area is 262 Å². The molecule has 1 fully saturated rings. The number of carboxylic acid groups (broad SMARTS) is 1. The summed E-state index contributed by atoms with van der Waals surface area (Å²) in [6, 6.07) is -1.02. The van der Waals surface area contributed by atoms with Crippen molar-refractivity contribution in [3.05, 3.63) is 27.9 Å². The van der Waals surface area contributed by atoms with E-state index in [-0.39, 0.29) is 58.2 Å². The number of nitrogens with zero attached hydrogens (tertiary/aromatic N) is 7. The Morgan fingerprint density at radius 1 is 1.32 bits per heavy atom. The molecule has 0 aliphatic carbocycles. The summed E-state index contributed by atoms with van der Waals surface area (Å²) in [6.45, 7) is 4.55. The van der Waals surface area contributed by atoms with E-state index < -0.39 is 47.4 Å². The van der Waals surface area contributed by atoms with E-state index in [0.717, 1.165) is 4.90 Å². The molecule has 0 radical (unpaired) electrons. The second kappa shape index (κ2) is 13.4. The number of carbonyl (C=O) groups is 4. The van der Waals surface area contributed by atoms with Crippen molar-refractivity contribution in [3.8, 4) is 0 Å². The Hall–Kier alpha value is -2.51. The van der Waals surface area contributed by atoms with Crippen molar-refractivity contribution in [2.75, 3.05) is 18.1 Å². The van der Waals surface area contributed by atoms with Crippen LogP contribution < -0.4 is 40.0 Å². The number of aliphatic carboxylic acids is 1. The third kappa shape index (κ3) is 7.41. The van der Waals surface area contributed by atoms with Gasteiger partial charge >= 0.3 is 35.5 Å². The molecule has 2 aliphatic rings. The molecule has 15 nitrogen and oxygen atoms in total. The van der Waals surface area contributed by atoms with Gasteiger partial charge in [0.1, 0.15) is 22.7 Å². The third-order valence-electron chi connectivity index (χ3n) is 5.13. The van der Waals surface area contributed by atoms with Crippen LogP contribution in [0.25, 0.3) is 0 Å². The predicted octanol–water partition coefficient (Wildman–Crippen LogP) is -4.07. The number of amides is 2. The van der Waals surface area contributed by atoms with E-state index in [9.17, 15) is 24.3 Å². The van der Waals surface area contributed by atoms with Gasteiger partial charge in [0.25, 0.3) is 11.8 Å². The van der Waals surface area contributed by atoms with Crippen LogP contribution in [0.5, 0.6) is 0 Å². The monoisotopic (exact) mass is 618 g/mol. The number of thioether (sulfide) groups is 2. The van der Waals surface area contributed by atoms with E-state index in [0.29, 0.717) is 10.7 Å². The molecule has 0 spiro atoms. The second-order valence-electron chi connectivity index (χ2n) is 9.15. The molecule has 1 N–H and O–H groups in total. The van der Waals surface area contributed by atoms with Crippen LogP contribution in [0.1, 0.15) is 26.5 Å². The maximum Gasteiger partial charge on any atom is 1.00 e. The van der Waals surface area contributed by atoms with Crippen molar-refractivity contribution in [3.63, 3.8) is 0 Å². The Morgan fingerprint density at radius 3 is 2.67 bits per heavy atom. The third-order valence-corrected chi connectivity index (χ3v) is 8.16. The molecule has 40 heavy (non-hydrogen) atoms. The van der Waals surface area contributed by atoms with Crippen molar-refractivity contribution in [2.24, 2.45) is 12.2 Å². The topological polar surface area (TPSA) is 194 Å². The molecule has 208 valence electrons. The molecule has 0 aromatic carbocycles. The fourth-order valence-corrected chi connectivity index (χ4v) is 6.41. The van der Waals surface area contributed by atoms with Gasteiger partial charge in [-0.1, -0.05) is 16.9 Å². The molecular formula is C21H23N8NaO7S3. The van der Waals surface area contributed by atoms with Crippen LogP contribution in [0.2, 0.25) is 0 Å². The van der Waals surface area contributed by atoms with Gasteiger partial charge in [-0.3, -0.25) is 14.5 Å². The minimum atomic E-state index is -1.50. The molecule has 4 heterocycles. The first-order chi connectivity index (χ1) is 18.5. The van der Waals surface area contributed by atoms with Crippen LogP contribution in [-0.2, 0) is 35.8 Å². The summed E-state index contributed by atoms with van der Waals surface area (Å²) in [6.07, 6.45) is 0. The molecule has 2 amide bonds. The molecule has 2 atom stereocenters. The number of carbonyl (C=O) groups excluding carboxylic acids is 4. The largest absolute Gasteiger partial charge is 1.00 e. The van der Waals surface area contributed by atoms with Crippen LogP contribution in [0.3, 0.4) is 0 Å². The summed E-state index contributed by atoms with van der Waals surface area (Å²) in [5.41, 5.74) is 0.921.